The number of esters is 1. The molecule has 4 rings (SSSR count). The summed E-state index contributed by atoms with van der Waals surface area (Å²) in [5, 5.41) is 3.18. The molecule has 3 aliphatic rings. The summed E-state index contributed by atoms with van der Waals surface area (Å²) < 4.78 is 19.0. The molecule has 162 valence electrons. The molecule has 4 heteroatoms. The van der Waals surface area contributed by atoms with Crippen LogP contribution in [0.3, 0.4) is 0 Å². The summed E-state index contributed by atoms with van der Waals surface area (Å²) in [4.78, 5) is 12.0. The van der Waals surface area contributed by atoms with Crippen molar-refractivity contribution in [3.05, 3.63) is 53.4 Å². The first-order valence-electron chi connectivity index (χ1n) is 11.3. The van der Waals surface area contributed by atoms with Crippen LogP contribution in [-0.4, -0.2) is 12.2 Å². The van der Waals surface area contributed by atoms with Crippen LogP contribution in [-0.2, 0) is 9.53 Å². The van der Waals surface area contributed by atoms with Crippen LogP contribution in [0.4, 0.5) is 10.1 Å². The zero-order valence-electron chi connectivity index (χ0n) is 18.6. The van der Waals surface area contributed by atoms with Gasteiger partial charge in [-0.15, -0.1) is 0 Å². The molecule has 0 bridgehead atoms. The second-order valence-corrected chi connectivity index (χ2v) is 10.1. The van der Waals surface area contributed by atoms with E-state index in [1.54, 1.807) is 23.8 Å². The van der Waals surface area contributed by atoms with Crippen LogP contribution >= 0.6 is 0 Å². The number of rotatable bonds is 5. The molecule has 1 unspecified atom stereocenters. The fourth-order valence-electron chi connectivity index (χ4n) is 6.25. The number of halogens is 1. The molecule has 5 atom stereocenters. The van der Waals surface area contributed by atoms with E-state index in [-0.39, 0.29) is 22.6 Å². The number of ether oxygens (including phenoxy) is 1. The first-order valence-corrected chi connectivity index (χ1v) is 11.3. The highest BCUT2D eigenvalue weighted by Gasteiger charge is 2.53. The molecule has 0 saturated heterocycles. The van der Waals surface area contributed by atoms with Crippen LogP contribution in [0.5, 0.6) is 0 Å². The van der Waals surface area contributed by atoms with Gasteiger partial charge in [0, 0.05) is 11.8 Å². The number of cyclic esters (lactones) is 1. The van der Waals surface area contributed by atoms with E-state index in [1.807, 2.05) is 0 Å². The van der Waals surface area contributed by atoms with E-state index < -0.39 is 6.23 Å². The van der Waals surface area contributed by atoms with Gasteiger partial charge in [0.05, 0.1) is 0 Å². The maximum atomic E-state index is 13.6. The molecule has 2 aliphatic carbocycles. The summed E-state index contributed by atoms with van der Waals surface area (Å²) in [6, 6.07) is 6.28. The van der Waals surface area contributed by atoms with Crippen LogP contribution in [0, 0.1) is 28.5 Å². The molecule has 1 aromatic carbocycles. The number of nitrogens with one attached hydrogen (secondary N) is 1. The molecule has 0 amide bonds. The molecule has 3 nitrogen and oxygen atoms in total. The molecule has 0 aromatic heterocycles. The second kappa shape index (κ2) is 7.86. The first-order chi connectivity index (χ1) is 14.2. The van der Waals surface area contributed by atoms with Crippen LogP contribution < -0.4 is 5.32 Å². The summed E-state index contributed by atoms with van der Waals surface area (Å²) in [6.07, 6.45) is 10.3. The van der Waals surface area contributed by atoms with Crippen molar-refractivity contribution in [2.75, 3.05) is 5.32 Å². The van der Waals surface area contributed by atoms with E-state index >= 15 is 0 Å². The van der Waals surface area contributed by atoms with Gasteiger partial charge in [-0.1, -0.05) is 38.5 Å². The lowest BCUT2D eigenvalue weighted by molar-refractivity contribution is -0.137. The van der Waals surface area contributed by atoms with Crippen LogP contribution in [0.15, 0.2) is 47.6 Å². The quantitative estimate of drug-likeness (QED) is 0.437. The van der Waals surface area contributed by atoms with Crippen molar-refractivity contribution < 1.29 is 13.9 Å². The third-order valence-electron chi connectivity index (χ3n) is 8.54. The van der Waals surface area contributed by atoms with E-state index in [9.17, 15) is 9.18 Å². The van der Waals surface area contributed by atoms with Gasteiger partial charge in [0.1, 0.15) is 5.82 Å². The van der Waals surface area contributed by atoms with Gasteiger partial charge in [0.15, 0.2) is 6.23 Å². The van der Waals surface area contributed by atoms with Gasteiger partial charge in [0.25, 0.3) is 0 Å². The van der Waals surface area contributed by atoms with Gasteiger partial charge in [-0.25, -0.2) is 9.18 Å². The fourth-order valence-corrected chi connectivity index (χ4v) is 6.25. The van der Waals surface area contributed by atoms with Crippen LogP contribution in [0.2, 0.25) is 0 Å². The molecule has 1 N–H and O–H groups in total. The Morgan fingerprint density at radius 2 is 2.07 bits per heavy atom. The minimum atomic E-state index is -0.513. The van der Waals surface area contributed by atoms with Gasteiger partial charge in [-0.05, 0) is 91.9 Å². The fraction of sp³-hybridized carbons (Fsp3) is 0.577. The predicted octanol–water partition coefficient (Wildman–Crippen LogP) is 6.63. The lowest BCUT2D eigenvalue weighted by Gasteiger charge is -2.58. The van der Waals surface area contributed by atoms with Crippen molar-refractivity contribution in [1.82, 2.24) is 0 Å². The Morgan fingerprint density at radius 1 is 1.27 bits per heavy atom. The summed E-state index contributed by atoms with van der Waals surface area (Å²) in [6.45, 7) is 9.64. The summed E-state index contributed by atoms with van der Waals surface area (Å²) >= 11 is 0. The van der Waals surface area contributed by atoms with Crippen molar-refractivity contribution in [2.24, 2.45) is 22.7 Å². The highest BCUT2D eigenvalue weighted by Crippen LogP contribution is 2.62. The molecular formula is C26H34FNO2. The van der Waals surface area contributed by atoms with Crippen molar-refractivity contribution in [1.29, 1.82) is 0 Å². The van der Waals surface area contributed by atoms with Gasteiger partial charge in [0.2, 0.25) is 0 Å². The Bertz CT molecular complexity index is 891. The van der Waals surface area contributed by atoms with E-state index in [0.29, 0.717) is 17.5 Å². The molecular weight excluding hydrogens is 377 g/mol. The second-order valence-electron chi connectivity index (χ2n) is 10.1. The van der Waals surface area contributed by atoms with E-state index in [4.69, 9.17) is 4.74 Å². The minimum Gasteiger partial charge on any atom is -0.435 e. The van der Waals surface area contributed by atoms with Gasteiger partial charge < -0.3 is 10.1 Å². The van der Waals surface area contributed by atoms with E-state index in [2.05, 4.69) is 39.1 Å². The predicted molar refractivity (Wildman–Crippen MR) is 118 cm³/mol. The zero-order valence-corrected chi connectivity index (χ0v) is 18.6. The monoisotopic (exact) mass is 411 g/mol. The maximum Gasteiger partial charge on any atom is 0.333 e. The van der Waals surface area contributed by atoms with Gasteiger partial charge in [-0.3, -0.25) is 0 Å². The number of fused-ring (bicyclic) bond motifs is 1. The molecule has 0 radical (unpaired) electrons. The number of hydrogen-bond donors (Lipinski definition) is 1. The SMILES string of the molecule is CC1=CCC[C@@H]2[C@@](C)(CCC3=CC(=O)OC3Nc3cccc(F)c3)[C@H](C)CC[C@@]12C. The minimum absolute atomic E-state index is 0.221. The average molecular weight is 412 g/mol. The molecule has 1 aromatic rings. The highest BCUT2D eigenvalue weighted by atomic mass is 19.1. The number of allylic oxidation sites excluding steroid dienone is 2. The maximum absolute atomic E-state index is 13.6. The number of anilines is 1. The Labute approximate surface area is 179 Å². The molecule has 30 heavy (non-hydrogen) atoms. The highest BCUT2D eigenvalue weighted by molar-refractivity contribution is 5.86. The molecule has 1 saturated carbocycles. The Morgan fingerprint density at radius 3 is 2.83 bits per heavy atom. The standard InChI is InChI=1S/C26H34FNO2/c1-17-7-5-10-22-25(17,3)13-11-18(2)26(22,4)14-12-19-15-23(29)30-24(19)28-21-9-6-8-20(27)16-21/h6-9,15-16,18,22,24,28H,5,10-14H2,1-4H3/t18-,22+,24?,25+,26+/m1/s1. The van der Waals surface area contributed by atoms with Crippen molar-refractivity contribution >= 4 is 11.7 Å². The molecule has 1 heterocycles. The summed E-state index contributed by atoms with van der Waals surface area (Å²) in [5.41, 5.74) is 3.65. The molecule has 1 fully saturated rings. The first kappa shape index (κ1) is 21.1. The number of carbonyl (C=O) groups is 1. The Kier molecular flexibility index (Phi) is 5.54. The third kappa shape index (κ3) is 3.70. The number of benzene rings is 1. The van der Waals surface area contributed by atoms with Gasteiger partial charge in [-0.2, -0.15) is 0 Å². The third-order valence-corrected chi connectivity index (χ3v) is 8.54. The average Bonchev–Trinajstić information content (AvgIpc) is 3.04. The lowest BCUT2D eigenvalue weighted by atomic mass is 9.47. The summed E-state index contributed by atoms with van der Waals surface area (Å²) in [7, 11) is 0. The normalized spacial score (nSPS) is 35.9. The van der Waals surface area contributed by atoms with E-state index in [0.717, 1.165) is 18.4 Å². The molecule has 0 spiro atoms. The number of hydrogen-bond acceptors (Lipinski definition) is 3. The van der Waals surface area contributed by atoms with Crippen molar-refractivity contribution in [3.8, 4) is 0 Å². The Balaban J connectivity index is 1.51. The zero-order chi connectivity index (χ0) is 21.5. The molecule has 1 aliphatic heterocycles. The van der Waals surface area contributed by atoms with Crippen LogP contribution in [0.25, 0.3) is 0 Å². The largest absolute Gasteiger partial charge is 0.435 e. The lowest BCUT2D eigenvalue weighted by Crippen LogP contribution is -2.49. The summed E-state index contributed by atoms with van der Waals surface area (Å²) in [5.74, 6) is 0.683. The topological polar surface area (TPSA) is 38.3 Å². The smallest absolute Gasteiger partial charge is 0.333 e. The Hall–Kier alpha value is -2.10. The van der Waals surface area contributed by atoms with Crippen LogP contribution in [0.1, 0.15) is 66.2 Å². The van der Waals surface area contributed by atoms with E-state index in [1.165, 1.54) is 37.8 Å². The number of carbonyl (C=O) groups excluding carboxylic acids is 1. The van der Waals surface area contributed by atoms with Crippen molar-refractivity contribution in [2.45, 2.75) is 72.4 Å². The van der Waals surface area contributed by atoms with Gasteiger partial charge >= 0.3 is 5.97 Å². The van der Waals surface area contributed by atoms with Crippen molar-refractivity contribution in [3.63, 3.8) is 0 Å².